The van der Waals surface area contributed by atoms with Gasteiger partial charge in [0, 0.05) is 30.2 Å². The van der Waals surface area contributed by atoms with E-state index in [2.05, 4.69) is 15.0 Å². The number of amides is 1. The summed E-state index contributed by atoms with van der Waals surface area (Å²) in [6, 6.07) is 11.9. The molecule has 35 heavy (non-hydrogen) atoms. The minimum atomic E-state index is -4.81. The summed E-state index contributed by atoms with van der Waals surface area (Å²) in [4.78, 5) is 26.1. The van der Waals surface area contributed by atoms with E-state index in [1.54, 1.807) is 30.3 Å². The molecule has 1 amide bonds. The minimum Gasteiger partial charge on any atom is -0.384 e. The van der Waals surface area contributed by atoms with Gasteiger partial charge in [0.05, 0.1) is 28.9 Å². The SMILES string of the molecule is CS(=O)(=O)c1ncc(C(F)(F)F)cc1N(Cc1ccc2ccc(N)nc2c1)C(=O)c1cccnc1. The van der Waals surface area contributed by atoms with E-state index in [0.717, 1.165) is 16.5 Å². The number of alkyl halides is 3. The van der Waals surface area contributed by atoms with Gasteiger partial charge in [0.2, 0.25) is 0 Å². The van der Waals surface area contributed by atoms with Crippen LogP contribution in [0.2, 0.25) is 0 Å². The molecule has 12 heteroatoms. The number of rotatable bonds is 5. The van der Waals surface area contributed by atoms with Gasteiger partial charge in [0.15, 0.2) is 14.9 Å². The summed E-state index contributed by atoms with van der Waals surface area (Å²) in [7, 11) is -4.11. The van der Waals surface area contributed by atoms with E-state index >= 15 is 0 Å². The molecule has 1 aromatic carbocycles. The largest absolute Gasteiger partial charge is 0.417 e. The average Bonchev–Trinajstić information content (AvgIpc) is 2.81. The molecule has 0 saturated heterocycles. The lowest BCUT2D eigenvalue weighted by atomic mass is 10.1. The van der Waals surface area contributed by atoms with Crippen LogP contribution in [0.3, 0.4) is 0 Å². The predicted molar refractivity (Wildman–Crippen MR) is 123 cm³/mol. The first kappa shape index (κ1) is 24.1. The van der Waals surface area contributed by atoms with E-state index in [1.165, 1.54) is 24.5 Å². The molecule has 0 unspecified atom stereocenters. The minimum absolute atomic E-state index is 0.0486. The fraction of sp³-hybridized carbons (Fsp3) is 0.130. The molecular weight excluding hydrogens is 483 g/mol. The Kier molecular flexibility index (Phi) is 6.15. The van der Waals surface area contributed by atoms with Gasteiger partial charge in [-0.1, -0.05) is 12.1 Å². The molecule has 0 aliphatic carbocycles. The van der Waals surface area contributed by atoms with Crippen molar-refractivity contribution in [3.05, 3.63) is 83.8 Å². The highest BCUT2D eigenvalue weighted by atomic mass is 32.2. The first-order valence-corrected chi connectivity index (χ1v) is 12.0. The number of aromatic nitrogens is 3. The van der Waals surface area contributed by atoms with E-state index in [-0.39, 0.29) is 17.9 Å². The van der Waals surface area contributed by atoms with Crippen molar-refractivity contribution in [3.63, 3.8) is 0 Å². The number of halogens is 3. The lowest BCUT2D eigenvalue weighted by Crippen LogP contribution is -2.32. The van der Waals surface area contributed by atoms with Gasteiger partial charge in [0.25, 0.3) is 5.91 Å². The van der Waals surface area contributed by atoms with E-state index < -0.39 is 38.2 Å². The van der Waals surface area contributed by atoms with Crippen LogP contribution in [0.5, 0.6) is 0 Å². The molecule has 0 aliphatic heterocycles. The molecule has 3 heterocycles. The molecule has 0 radical (unpaired) electrons. The third kappa shape index (κ3) is 5.22. The van der Waals surface area contributed by atoms with Crippen LogP contribution in [0, 0.1) is 0 Å². The number of fused-ring (bicyclic) bond motifs is 1. The van der Waals surface area contributed by atoms with Crippen LogP contribution in [0.15, 0.2) is 72.1 Å². The smallest absolute Gasteiger partial charge is 0.384 e. The van der Waals surface area contributed by atoms with Gasteiger partial charge in [-0.3, -0.25) is 9.78 Å². The summed E-state index contributed by atoms with van der Waals surface area (Å²) in [6.07, 6.45) is -0.921. The summed E-state index contributed by atoms with van der Waals surface area (Å²) < 4.78 is 65.3. The Labute approximate surface area is 198 Å². The van der Waals surface area contributed by atoms with Crippen LogP contribution in [0.1, 0.15) is 21.5 Å². The van der Waals surface area contributed by atoms with Gasteiger partial charge in [-0.25, -0.2) is 18.4 Å². The van der Waals surface area contributed by atoms with Crippen molar-refractivity contribution in [2.75, 3.05) is 16.9 Å². The summed E-state index contributed by atoms with van der Waals surface area (Å²) in [5.74, 6) is -0.496. The number of nitrogens with zero attached hydrogens (tertiary/aromatic N) is 4. The average molecular weight is 501 g/mol. The zero-order valence-corrected chi connectivity index (χ0v) is 19.0. The van der Waals surface area contributed by atoms with Crippen LogP contribution >= 0.6 is 0 Å². The quantitative estimate of drug-likeness (QED) is 0.441. The molecule has 3 aromatic heterocycles. The van der Waals surface area contributed by atoms with Crippen molar-refractivity contribution in [2.24, 2.45) is 0 Å². The van der Waals surface area contributed by atoms with Crippen molar-refractivity contribution < 1.29 is 26.4 Å². The molecule has 0 fully saturated rings. The Bertz CT molecular complexity index is 1530. The Morgan fingerprint density at radius 3 is 2.49 bits per heavy atom. The zero-order valence-electron chi connectivity index (χ0n) is 18.2. The normalized spacial score (nSPS) is 12.0. The van der Waals surface area contributed by atoms with Crippen molar-refractivity contribution in [2.45, 2.75) is 17.7 Å². The molecule has 0 spiro atoms. The number of pyridine rings is 3. The molecule has 0 atom stereocenters. The highest BCUT2D eigenvalue weighted by Gasteiger charge is 2.35. The van der Waals surface area contributed by atoms with Gasteiger partial charge in [-0.05, 0) is 42.0 Å². The second-order valence-corrected chi connectivity index (χ2v) is 9.65. The fourth-order valence-corrected chi connectivity index (χ4v) is 4.24. The van der Waals surface area contributed by atoms with E-state index in [1.807, 2.05) is 0 Å². The number of nitrogens with two attached hydrogens (primary N) is 1. The number of benzene rings is 1. The number of hydrogen-bond donors (Lipinski definition) is 1. The Morgan fingerprint density at radius 2 is 1.83 bits per heavy atom. The van der Waals surface area contributed by atoms with Crippen LogP contribution in [0.25, 0.3) is 10.9 Å². The number of nitrogen functional groups attached to an aromatic ring is 1. The van der Waals surface area contributed by atoms with Crippen molar-refractivity contribution in [1.82, 2.24) is 15.0 Å². The summed E-state index contributed by atoms with van der Waals surface area (Å²) in [5, 5.41) is 0.0940. The number of hydrogen-bond acceptors (Lipinski definition) is 7. The fourth-order valence-electron chi connectivity index (χ4n) is 3.45. The highest BCUT2D eigenvalue weighted by molar-refractivity contribution is 7.90. The molecule has 0 saturated carbocycles. The molecule has 8 nitrogen and oxygen atoms in total. The van der Waals surface area contributed by atoms with Gasteiger partial charge >= 0.3 is 6.18 Å². The topological polar surface area (TPSA) is 119 Å². The maximum Gasteiger partial charge on any atom is 0.417 e. The van der Waals surface area contributed by atoms with Gasteiger partial charge in [0.1, 0.15) is 5.82 Å². The van der Waals surface area contributed by atoms with Crippen molar-refractivity contribution in [1.29, 1.82) is 0 Å². The van der Waals surface area contributed by atoms with Crippen molar-refractivity contribution in [3.8, 4) is 0 Å². The predicted octanol–water partition coefficient (Wildman–Crippen LogP) is 3.88. The second kappa shape index (κ2) is 8.95. The van der Waals surface area contributed by atoms with Crippen molar-refractivity contribution >= 4 is 38.2 Å². The van der Waals surface area contributed by atoms with E-state index in [4.69, 9.17) is 5.73 Å². The molecule has 4 aromatic rings. The zero-order chi connectivity index (χ0) is 25.4. The molecule has 180 valence electrons. The molecule has 4 rings (SSSR count). The molecular formula is C23H18F3N5O3S. The van der Waals surface area contributed by atoms with Crippen LogP contribution in [0.4, 0.5) is 24.7 Å². The number of carbonyl (C=O) groups is 1. The molecule has 0 aliphatic rings. The third-order valence-corrected chi connectivity index (χ3v) is 6.09. The summed E-state index contributed by atoms with van der Waals surface area (Å²) >= 11 is 0. The number of sulfone groups is 1. The molecule has 0 bridgehead atoms. The van der Waals surface area contributed by atoms with Crippen LogP contribution in [-0.4, -0.2) is 35.5 Å². The monoisotopic (exact) mass is 501 g/mol. The number of carbonyl (C=O) groups excluding carboxylic acids is 1. The Morgan fingerprint density at radius 1 is 1.09 bits per heavy atom. The maximum absolute atomic E-state index is 13.5. The number of anilines is 2. The van der Waals surface area contributed by atoms with Gasteiger partial charge in [-0.2, -0.15) is 13.2 Å². The Hall–Kier alpha value is -4.06. The lowest BCUT2D eigenvalue weighted by molar-refractivity contribution is -0.137. The van der Waals surface area contributed by atoms with Crippen LogP contribution < -0.4 is 10.6 Å². The first-order valence-electron chi connectivity index (χ1n) is 10.1. The van der Waals surface area contributed by atoms with Gasteiger partial charge < -0.3 is 10.6 Å². The maximum atomic E-state index is 13.5. The lowest BCUT2D eigenvalue weighted by Gasteiger charge is -2.25. The van der Waals surface area contributed by atoms with E-state index in [9.17, 15) is 26.4 Å². The third-order valence-electron chi connectivity index (χ3n) is 5.07. The Balaban J connectivity index is 1.91. The summed E-state index contributed by atoms with van der Waals surface area (Å²) in [5.41, 5.74) is 5.08. The second-order valence-electron chi connectivity index (χ2n) is 7.71. The molecule has 2 N–H and O–H groups in total. The standard InChI is InChI=1S/C23H18F3N5O3S/c1-35(33,34)21-19(10-17(12-29-21)23(24,25)26)31(22(32)16-3-2-8-28-11-16)13-14-4-5-15-6-7-20(27)30-18(15)9-14/h2-12H,13H2,1H3,(H2,27,30). The van der Waals surface area contributed by atoms with E-state index in [0.29, 0.717) is 23.3 Å². The first-order chi connectivity index (χ1) is 16.4. The van der Waals surface area contributed by atoms with Gasteiger partial charge in [-0.15, -0.1) is 0 Å². The van der Waals surface area contributed by atoms with Crippen LogP contribution in [-0.2, 0) is 22.6 Å². The summed E-state index contributed by atoms with van der Waals surface area (Å²) in [6.45, 7) is -0.272. The highest BCUT2D eigenvalue weighted by Crippen LogP contribution is 2.35.